The van der Waals surface area contributed by atoms with Gasteiger partial charge in [-0.15, -0.1) is 0 Å². The van der Waals surface area contributed by atoms with Crippen molar-refractivity contribution >= 4 is 22.9 Å². The zero-order valence-electron chi connectivity index (χ0n) is 14.4. The fourth-order valence-electron chi connectivity index (χ4n) is 2.40. The van der Waals surface area contributed by atoms with Crippen molar-refractivity contribution in [2.24, 2.45) is 7.05 Å². The first-order valence-electron chi connectivity index (χ1n) is 7.85. The van der Waals surface area contributed by atoms with Crippen LogP contribution in [0.2, 0.25) is 0 Å². The summed E-state index contributed by atoms with van der Waals surface area (Å²) in [6.45, 7) is 5.71. The van der Waals surface area contributed by atoms with Gasteiger partial charge in [0.05, 0.1) is 17.9 Å². The number of aromatic nitrogens is 3. The van der Waals surface area contributed by atoms with Crippen molar-refractivity contribution in [2.45, 2.75) is 33.2 Å². The quantitative estimate of drug-likeness (QED) is 0.646. The van der Waals surface area contributed by atoms with Crippen LogP contribution in [0, 0.1) is 6.92 Å². The number of nitrogens with zero attached hydrogens (tertiary/aromatic N) is 3. The maximum Gasteiger partial charge on any atom is 0.328 e. The van der Waals surface area contributed by atoms with Crippen LogP contribution in [-0.4, -0.2) is 39.3 Å². The second kappa shape index (κ2) is 7.72. The van der Waals surface area contributed by atoms with E-state index < -0.39 is 12.0 Å². The Morgan fingerprint density at radius 3 is 2.88 bits per heavy atom. The molecular formula is C17H22N4O3. The smallest absolute Gasteiger partial charge is 0.328 e. The van der Waals surface area contributed by atoms with Crippen LogP contribution in [0.4, 0.5) is 0 Å². The molecule has 2 rings (SSSR count). The SMILES string of the molecule is C/C=C/CC(NC(=O)c1cnc2c(c1)c(C)nn2C)C(=O)OCC. The van der Waals surface area contributed by atoms with Gasteiger partial charge < -0.3 is 10.1 Å². The fraction of sp³-hybridized carbons (Fsp3) is 0.412. The number of fused-ring (bicyclic) bond motifs is 1. The lowest BCUT2D eigenvalue weighted by molar-refractivity contribution is -0.145. The monoisotopic (exact) mass is 330 g/mol. The lowest BCUT2D eigenvalue weighted by atomic mass is 10.1. The molecule has 128 valence electrons. The first-order valence-corrected chi connectivity index (χ1v) is 7.85. The average molecular weight is 330 g/mol. The van der Waals surface area contributed by atoms with E-state index in [1.165, 1.54) is 6.20 Å². The summed E-state index contributed by atoms with van der Waals surface area (Å²) in [5.41, 5.74) is 1.89. The van der Waals surface area contributed by atoms with Crippen molar-refractivity contribution in [3.63, 3.8) is 0 Å². The van der Waals surface area contributed by atoms with Gasteiger partial charge in [-0.3, -0.25) is 9.48 Å². The summed E-state index contributed by atoms with van der Waals surface area (Å²) in [7, 11) is 1.80. The van der Waals surface area contributed by atoms with Crippen molar-refractivity contribution in [3.8, 4) is 0 Å². The number of pyridine rings is 1. The Hall–Kier alpha value is -2.70. The molecule has 0 radical (unpaired) electrons. The van der Waals surface area contributed by atoms with Gasteiger partial charge in [-0.05, 0) is 33.3 Å². The molecule has 0 aliphatic heterocycles. The molecule has 0 fully saturated rings. The third-order valence-electron chi connectivity index (χ3n) is 3.61. The van der Waals surface area contributed by atoms with Gasteiger partial charge in [-0.25, -0.2) is 9.78 Å². The zero-order chi connectivity index (χ0) is 17.7. The number of carbonyl (C=O) groups is 2. The number of allylic oxidation sites excluding steroid dienone is 1. The van der Waals surface area contributed by atoms with E-state index in [-0.39, 0.29) is 12.5 Å². The summed E-state index contributed by atoms with van der Waals surface area (Å²) < 4.78 is 6.68. The van der Waals surface area contributed by atoms with Crippen molar-refractivity contribution in [1.82, 2.24) is 20.1 Å². The molecule has 0 saturated carbocycles. The number of amides is 1. The minimum Gasteiger partial charge on any atom is -0.464 e. The topological polar surface area (TPSA) is 86.1 Å². The molecule has 0 saturated heterocycles. The number of aryl methyl sites for hydroxylation is 2. The van der Waals surface area contributed by atoms with Crippen molar-refractivity contribution in [2.75, 3.05) is 6.61 Å². The summed E-state index contributed by atoms with van der Waals surface area (Å²) in [5, 5.41) is 7.81. The number of carbonyl (C=O) groups excluding carboxylic acids is 2. The molecule has 7 nitrogen and oxygen atoms in total. The predicted molar refractivity (Wildman–Crippen MR) is 90.6 cm³/mol. The van der Waals surface area contributed by atoms with Crippen molar-refractivity contribution in [1.29, 1.82) is 0 Å². The van der Waals surface area contributed by atoms with Crippen LogP contribution in [0.3, 0.4) is 0 Å². The lowest BCUT2D eigenvalue weighted by Crippen LogP contribution is -2.41. The number of nitrogens with one attached hydrogen (secondary N) is 1. The van der Waals surface area contributed by atoms with Crippen LogP contribution in [-0.2, 0) is 16.6 Å². The van der Waals surface area contributed by atoms with E-state index in [0.29, 0.717) is 17.6 Å². The summed E-state index contributed by atoms with van der Waals surface area (Å²) >= 11 is 0. The minimum absolute atomic E-state index is 0.267. The maximum atomic E-state index is 12.5. The van der Waals surface area contributed by atoms with E-state index in [1.807, 2.05) is 26.0 Å². The molecule has 1 N–H and O–H groups in total. The molecular weight excluding hydrogens is 308 g/mol. The van der Waals surface area contributed by atoms with Crippen LogP contribution < -0.4 is 5.32 Å². The molecule has 1 unspecified atom stereocenters. The van der Waals surface area contributed by atoms with E-state index in [4.69, 9.17) is 4.74 Å². The summed E-state index contributed by atoms with van der Waals surface area (Å²) in [4.78, 5) is 28.7. The van der Waals surface area contributed by atoms with E-state index in [2.05, 4.69) is 15.4 Å². The molecule has 0 spiro atoms. The van der Waals surface area contributed by atoms with E-state index >= 15 is 0 Å². The second-order valence-electron chi connectivity index (χ2n) is 5.39. The molecule has 1 atom stereocenters. The third kappa shape index (κ3) is 3.79. The Bertz CT molecular complexity index is 779. The Kier molecular flexibility index (Phi) is 5.68. The lowest BCUT2D eigenvalue weighted by Gasteiger charge is -2.15. The van der Waals surface area contributed by atoms with Crippen LogP contribution in [0.15, 0.2) is 24.4 Å². The van der Waals surface area contributed by atoms with Crippen LogP contribution in [0.5, 0.6) is 0 Å². The standard InChI is InChI=1S/C17H22N4O3/c1-5-7-8-14(17(23)24-6-2)19-16(22)12-9-13-11(3)20-21(4)15(13)18-10-12/h5,7,9-10,14H,6,8H2,1-4H3,(H,19,22)/b7-5+. The van der Waals surface area contributed by atoms with Gasteiger partial charge in [0.2, 0.25) is 0 Å². The minimum atomic E-state index is -0.723. The van der Waals surface area contributed by atoms with Gasteiger partial charge >= 0.3 is 5.97 Å². The van der Waals surface area contributed by atoms with Crippen molar-refractivity contribution < 1.29 is 14.3 Å². The zero-order valence-corrected chi connectivity index (χ0v) is 14.4. The Morgan fingerprint density at radius 1 is 1.46 bits per heavy atom. The average Bonchev–Trinajstić information content (AvgIpc) is 2.85. The van der Waals surface area contributed by atoms with Crippen molar-refractivity contribution in [3.05, 3.63) is 35.7 Å². The highest BCUT2D eigenvalue weighted by atomic mass is 16.5. The van der Waals surface area contributed by atoms with Gasteiger partial charge in [0.25, 0.3) is 5.91 Å². The number of hydrogen-bond acceptors (Lipinski definition) is 5. The molecule has 0 aliphatic carbocycles. The first kappa shape index (κ1) is 17.7. The molecule has 2 heterocycles. The molecule has 2 aromatic heterocycles. The number of rotatable bonds is 6. The van der Waals surface area contributed by atoms with Crippen LogP contribution >= 0.6 is 0 Å². The molecule has 24 heavy (non-hydrogen) atoms. The molecule has 0 aromatic carbocycles. The normalized spacial score (nSPS) is 12.5. The van der Waals surface area contributed by atoms with Crippen LogP contribution in [0.25, 0.3) is 11.0 Å². The molecule has 1 amide bonds. The number of hydrogen-bond donors (Lipinski definition) is 1. The van der Waals surface area contributed by atoms with Gasteiger partial charge in [-0.2, -0.15) is 5.10 Å². The molecule has 2 aromatic rings. The third-order valence-corrected chi connectivity index (χ3v) is 3.61. The summed E-state index contributed by atoms with van der Waals surface area (Å²) in [5.74, 6) is -0.814. The Morgan fingerprint density at radius 2 is 2.21 bits per heavy atom. The Balaban J connectivity index is 2.22. The maximum absolute atomic E-state index is 12.5. The number of esters is 1. The van der Waals surface area contributed by atoms with E-state index in [9.17, 15) is 9.59 Å². The Labute approximate surface area is 140 Å². The van der Waals surface area contributed by atoms with E-state index in [0.717, 1.165) is 11.1 Å². The molecule has 7 heteroatoms. The van der Waals surface area contributed by atoms with Gasteiger partial charge in [0.1, 0.15) is 6.04 Å². The summed E-state index contributed by atoms with van der Waals surface area (Å²) in [6, 6.07) is 1.01. The van der Waals surface area contributed by atoms with Crippen LogP contribution in [0.1, 0.15) is 36.3 Å². The predicted octanol–water partition coefficient (Wildman–Crippen LogP) is 1.90. The van der Waals surface area contributed by atoms with Gasteiger partial charge in [0.15, 0.2) is 5.65 Å². The van der Waals surface area contributed by atoms with Gasteiger partial charge in [-0.1, -0.05) is 12.2 Å². The second-order valence-corrected chi connectivity index (χ2v) is 5.39. The molecule has 0 bridgehead atoms. The summed E-state index contributed by atoms with van der Waals surface area (Å²) in [6.07, 6.45) is 5.50. The number of ether oxygens (including phenoxy) is 1. The highest BCUT2D eigenvalue weighted by Crippen LogP contribution is 2.16. The molecule has 0 aliphatic rings. The first-order chi connectivity index (χ1) is 11.5. The highest BCUT2D eigenvalue weighted by molar-refractivity contribution is 5.99. The largest absolute Gasteiger partial charge is 0.464 e. The van der Waals surface area contributed by atoms with Gasteiger partial charge in [0, 0.05) is 18.6 Å². The highest BCUT2D eigenvalue weighted by Gasteiger charge is 2.22. The van der Waals surface area contributed by atoms with E-state index in [1.54, 1.807) is 24.7 Å². The fourth-order valence-corrected chi connectivity index (χ4v) is 2.40.